The predicted octanol–water partition coefficient (Wildman–Crippen LogP) is 10.0. The van der Waals surface area contributed by atoms with Gasteiger partial charge in [0.25, 0.3) is 0 Å². The smallest absolute Gasteiger partial charge is 0.168 e. The molecule has 47 heavy (non-hydrogen) atoms. The number of hydrogen-bond donors (Lipinski definition) is 0. The Balaban J connectivity index is 0.000000228. The minimum absolute atomic E-state index is 0. The van der Waals surface area contributed by atoms with Crippen molar-refractivity contribution in [3.05, 3.63) is 170 Å². The summed E-state index contributed by atoms with van der Waals surface area (Å²) < 4.78 is 8.60. The van der Waals surface area contributed by atoms with Crippen LogP contribution in [-0.2, 0) is 20.1 Å². The number of hydrogen-bond acceptors (Lipinski definition) is 4. The quantitative estimate of drug-likeness (QED) is 0.167. The summed E-state index contributed by atoms with van der Waals surface area (Å²) in [5.41, 5.74) is 9.37. The first-order valence-electron chi connectivity index (χ1n) is 15.0. The van der Waals surface area contributed by atoms with E-state index in [0.29, 0.717) is 5.65 Å². The Morgan fingerprint density at radius 3 is 2.17 bits per heavy atom. The maximum atomic E-state index is 6.48. The van der Waals surface area contributed by atoms with Crippen LogP contribution in [0.4, 0.5) is 0 Å². The number of aromatic nitrogens is 4. The molecule has 0 saturated carbocycles. The van der Waals surface area contributed by atoms with E-state index in [1.165, 1.54) is 0 Å². The molecular weight excluding hydrogens is 757 g/mol. The molecule has 4 aromatic heterocycles. The summed E-state index contributed by atoms with van der Waals surface area (Å²) in [5.74, 6) is 0.757. The van der Waals surface area contributed by atoms with Crippen LogP contribution in [0.5, 0.6) is 0 Å². The number of nitrogens with zero attached hydrogens (tertiary/aromatic N) is 4. The van der Waals surface area contributed by atoms with Gasteiger partial charge in [0.15, 0.2) is 5.65 Å². The van der Waals surface area contributed by atoms with Crippen LogP contribution in [0.25, 0.3) is 72.6 Å². The summed E-state index contributed by atoms with van der Waals surface area (Å²) in [6.45, 7) is 0. The van der Waals surface area contributed by atoms with Crippen molar-refractivity contribution in [1.29, 1.82) is 0 Å². The van der Waals surface area contributed by atoms with Gasteiger partial charge in [0.05, 0.1) is 16.9 Å². The van der Waals surface area contributed by atoms with Gasteiger partial charge >= 0.3 is 0 Å². The van der Waals surface area contributed by atoms with Crippen molar-refractivity contribution in [1.82, 2.24) is 19.5 Å². The summed E-state index contributed by atoms with van der Waals surface area (Å²) in [6, 6.07) is 55.1. The molecule has 5 nitrogen and oxygen atoms in total. The molecule has 227 valence electrons. The molecule has 0 atom stereocenters. The maximum Gasteiger partial charge on any atom is 0.168 e. The average Bonchev–Trinajstić information content (AvgIpc) is 3.72. The van der Waals surface area contributed by atoms with E-state index >= 15 is 0 Å². The summed E-state index contributed by atoms with van der Waals surface area (Å²) in [5, 5.41) is 2.12. The van der Waals surface area contributed by atoms with Gasteiger partial charge in [-0.1, -0.05) is 83.7 Å². The predicted molar refractivity (Wildman–Crippen MR) is 184 cm³/mol. The van der Waals surface area contributed by atoms with Crippen LogP contribution >= 0.6 is 0 Å². The van der Waals surface area contributed by atoms with E-state index in [0.717, 1.165) is 66.9 Å². The molecule has 0 amide bonds. The average molecular weight is 783 g/mol. The molecular formula is C41H26IrN4O-2. The van der Waals surface area contributed by atoms with Gasteiger partial charge in [0, 0.05) is 43.6 Å². The summed E-state index contributed by atoms with van der Waals surface area (Å²) >= 11 is 0. The Bertz CT molecular complexity index is 2370. The van der Waals surface area contributed by atoms with Gasteiger partial charge < -0.3 is 14.0 Å². The molecule has 0 saturated heterocycles. The van der Waals surface area contributed by atoms with Crippen LogP contribution in [0.3, 0.4) is 0 Å². The molecule has 0 spiro atoms. The van der Waals surface area contributed by atoms with Crippen molar-refractivity contribution in [3.63, 3.8) is 0 Å². The van der Waals surface area contributed by atoms with E-state index in [2.05, 4.69) is 75.2 Å². The van der Waals surface area contributed by atoms with Gasteiger partial charge in [0.2, 0.25) is 0 Å². The van der Waals surface area contributed by atoms with E-state index in [9.17, 15) is 0 Å². The zero-order chi connectivity index (χ0) is 30.7. The van der Waals surface area contributed by atoms with Crippen molar-refractivity contribution in [2.75, 3.05) is 0 Å². The summed E-state index contributed by atoms with van der Waals surface area (Å²) in [7, 11) is 0. The zero-order valence-corrected chi connectivity index (χ0v) is 27.4. The zero-order valence-electron chi connectivity index (χ0n) is 25.0. The van der Waals surface area contributed by atoms with Crippen molar-refractivity contribution in [3.8, 4) is 39.5 Å². The van der Waals surface area contributed by atoms with Crippen LogP contribution < -0.4 is 0 Å². The van der Waals surface area contributed by atoms with Gasteiger partial charge in [-0.05, 0) is 53.2 Å². The molecule has 6 heteroatoms. The van der Waals surface area contributed by atoms with E-state index < -0.39 is 0 Å². The van der Waals surface area contributed by atoms with Crippen molar-refractivity contribution in [2.45, 2.75) is 0 Å². The van der Waals surface area contributed by atoms with Crippen LogP contribution in [0.15, 0.2) is 162 Å². The fraction of sp³-hybridized carbons (Fsp3) is 0. The molecule has 0 aliphatic heterocycles. The van der Waals surface area contributed by atoms with Crippen LogP contribution in [-0.4, -0.2) is 19.5 Å². The topological polar surface area (TPSA) is 56.7 Å². The number of fused-ring (bicyclic) bond motifs is 4. The third-order valence-corrected chi connectivity index (χ3v) is 7.86. The molecule has 9 aromatic rings. The molecule has 0 fully saturated rings. The van der Waals surface area contributed by atoms with Crippen molar-refractivity contribution in [2.24, 2.45) is 0 Å². The number of benzene rings is 5. The fourth-order valence-corrected chi connectivity index (χ4v) is 5.71. The number of rotatable bonds is 4. The van der Waals surface area contributed by atoms with E-state index in [1.54, 1.807) is 12.4 Å². The third-order valence-electron chi connectivity index (χ3n) is 7.86. The minimum Gasteiger partial charge on any atom is -0.501 e. The molecule has 0 N–H and O–H groups in total. The number of pyridine rings is 2. The molecule has 9 rings (SSSR count). The Morgan fingerprint density at radius 1 is 0.596 bits per heavy atom. The first kappa shape index (κ1) is 30.0. The van der Waals surface area contributed by atoms with E-state index in [1.807, 2.05) is 97.1 Å². The molecule has 4 heterocycles. The normalized spacial score (nSPS) is 10.8. The SMILES string of the molecule is [Ir].[c-]1ccc2c(oc3cc(-c4ccccc4)ccc32)c1-c1nc2ncccc2n1-c1ccccc1.[c-]1ccccc1-c1ccccn1. The standard InChI is InChI=1S/C30H18N3O.C11H8N.Ir/c1-3-9-20(10-4-1)21-16-17-23-24-13-7-14-25(28(24)34-27(23)19-21)30-32-29-26(15-8-18-31-29)33(30)22-11-5-2-6-12-22;1-2-6-10(7-3-1)11-8-4-5-9-12-11;/h1-13,15-19H;1-6,8-9H;/q2*-1;. The van der Waals surface area contributed by atoms with Gasteiger partial charge in [-0.2, -0.15) is 0 Å². The van der Waals surface area contributed by atoms with Crippen molar-refractivity contribution >= 4 is 33.1 Å². The monoisotopic (exact) mass is 783 g/mol. The second-order valence-corrected chi connectivity index (χ2v) is 10.7. The van der Waals surface area contributed by atoms with Crippen molar-refractivity contribution < 1.29 is 24.5 Å². The van der Waals surface area contributed by atoms with Crippen LogP contribution in [0, 0.1) is 12.1 Å². The summed E-state index contributed by atoms with van der Waals surface area (Å²) in [4.78, 5) is 13.6. The number of para-hydroxylation sites is 1. The second-order valence-electron chi connectivity index (χ2n) is 10.7. The molecule has 5 aromatic carbocycles. The van der Waals surface area contributed by atoms with Gasteiger partial charge in [-0.25, -0.2) is 4.98 Å². The molecule has 0 bridgehead atoms. The Labute approximate surface area is 285 Å². The number of imidazole rings is 1. The van der Waals surface area contributed by atoms with Gasteiger partial charge in [-0.15, -0.1) is 54.1 Å². The first-order valence-corrected chi connectivity index (χ1v) is 15.0. The Hall–Kier alpha value is -5.68. The fourth-order valence-electron chi connectivity index (χ4n) is 5.71. The Kier molecular flexibility index (Phi) is 8.52. The van der Waals surface area contributed by atoms with Crippen LogP contribution in [0.1, 0.15) is 0 Å². The van der Waals surface area contributed by atoms with Gasteiger partial charge in [-0.3, -0.25) is 4.98 Å². The largest absolute Gasteiger partial charge is 0.501 e. The molecule has 0 aliphatic rings. The third kappa shape index (κ3) is 5.88. The minimum atomic E-state index is 0. The number of furan rings is 1. The molecule has 0 unspecified atom stereocenters. The Morgan fingerprint density at radius 2 is 1.38 bits per heavy atom. The van der Waals surface area contributed by atoms with Gasteiger partial charge in [0.1, 0.15) is 5.58 Å². The first-order chi connectivity index (χ1) is 22.8. The maximum absolute atomic E-state index is 6.48. The van der Waals surface area contributed by atoms with Crippen LogP contribution in [0.2, 0.25) is 0 Å². The second kappa shape index (κ2) is 13.4. The summed E-state index contributed by atoms with van der Waals surface area (Å²) in [6.07, 6.45) is 3.56. The van der Waals surface area contributed by atoms with E-state index in [-0.39, 0.29) is 20.1 Å². The van der Waals surface area contributed by atoms with E-state index in [4.69, 9.17) is 9.40 Å². The molecule has 1 radical (unpaired) electrons. The molecule has 0 aliphatic carbocycles.